The van der Waals surface area contributed by atoms with Crippen molar-refractivity contribution in [1.29, 1.82) is 0 Å². The van der Waals surface area contributed by atoms with Gasteiger partial charge in [0, 0.05) is 19.6 Å². The topological polar surface area (TPSA) is 32.3 Å². The Kier molecular flexibility index (Phi) is 4.74. The number of carbonyl (C=O) groups excluding carboxylic acids is 1. The molecule has 0 aromatic heterocycles. The molecule has 2 amide bonds. The quantitative estimate of drug-likeness (QED) is 0.861. The van der Waals surface area contributed by atoms with Crippen LogP contribution in [0.2, 0.25) is 0 Å². The molecule has 22 heavy (non-hydrogen) atoms. The molecule has 1 aliphatic heterocycles. The summed E-state index contributed by atoms with van der Waals surface area (Å²) in [7, 11) is 0. The summed E-state index contributed by atoms with van der Waals surface area (Å²) < 4.78 is 0. The minimum atomic E-state index is 0.0579. The van der Waals surface area contributed by atoms with Crippen LogP contribution in [0.25, 0.3) is 0 Å². The maximum absolute atomic E-state index is 12.2. The smallest absolute Gasteiger partial charge is 0.317 e. The summed E-state index contributed by atoms with van der Waals surface area (Å²) in [6.07, 6.45) is 2.93. The molecular weight excluding hydrogens is 272 g/mol. The number of nitrogens with zero attached hydrogens (tertiary/aromatic N) is 1. The van der Waals surface area contributed by atoms with Crippen LogP contribution in [0.15, 0.2) is 54.6 Å². The number of urea groups is 1. The Morgan fingerprint density at radius 2 is 1.73 bits per heavy atom. The van der Waals surface area contributed by atoms with E-state index in [0.29, 0.717) is 0 Å². The average molecular weight is 294 g/mol. The summed E-state index contributed by atoms with van der Waals surface area (Å²) in [6.45, 7) is 2.26. The zero-order chi connectivity index (χ0) is 15.2. The Labute approximate surface area is 132 Å². The molecule has 2 aromatic carbocycles. The highest BCUT2D eigenvalue weighted by atomic mass is 16.2. The Hall–Kier alpha value is -2.29. The molecule has 3 nitrogen and oxygen atoms in total. The summed E-state index contributed by atoms with van der Waals surface area (Å²) >= 11 is 0. The molecular formula is C19H22N2O. The summed E-state index contributed by atoms with van der Waals surface area (Å²) in [6, 6.07) is 18.8. The molecule has 0 saturated carbocycles. The van der Waals surface area contributed by atoms with Gasteiger partial charge >= 0.3 is 6.03 Å². The molecule has 0 atom stereocenters. The average Bonchev–Trinajstić information content (AvgIpc) is 2.59. The molecule has 3 heteroatoms. The first kappa shape index (κ1) is 14.6. The molecule has 0 spiro atoms. The Morgan fingerprint density at radius 3 is 2.55 bits per heavy atom. The lowest BCUT2D eigenvalue weighted by Crippen LogP contribution is -2.43. The Bertz CT molecular complexity index is 624. The van der Waals surface area contributed by atoms with Crippen molar-refractivity contribution in [2.45, 2.75) is 25.8 Å². The van der Waals surface area contributed by atoms with Gasteiger partial charge in [-0.25, -0.2) is 4.79 Å². The molecule has 0 aliphatic carbocycles. The zero-order valence-electron chi connectivity index (χ0n) is 12.8. The van der Waals surface area contributed by atoms with Gasteiger partial charge in [0.2, 0.25) is 0 Å². The predicted molar refractivity (Wildman–Crippen MR) is 88.7 cm³/mol. The number of aryl methyl sites for hydroxylation is 1. The lowest BCUT2D eigenvalue weighted by atomic mass is 10.0. The number of amides is 2. The molecule has 0 radical (unpaired) electrons. The van der Waals surface area contributed by atoms with Crippen LogP contribution >= 0.6 is 0 Å². The molecule has 0 saturated heterocycles. The molecule has 0 unspecified atom stereocenters. The van der Waals surface area contributed by atoms with E-state index in [-0.39, 0.29) is 6.03 Å². The van der Waals surface area contributed by atoms with Gasteiger partial charge in [0.05, 0.1) is 0 Å². The van der Waals surface area contributed by atoms with E-state index in [1.54, 1.807) is 0 Å². The normalized spacial score (nSPS) is 13.5. The molecule has 0 fully saturated rings. The summed E-state index contributed by atoms with van der Waals surface area (Å²) in [4.78, 5) is 14.1. The van der Waals surface area contributed by atoms with Gasteiger partial charge in [0.1, 0.15) is 0 Å². The first-order chi connectivity index (χ1) is 10.8. The van der Waals surface area contributed by atoms with Gasteiger partial charge < -0.3 is 10.2 Å². The van der Waals surface area contributed by atoms with E-state index in [2.05, 4.69) is 47.8 Å². The molecule has 114 valence electrons. The van der Waals surface area contributed by atoms with Crippen molar-refractivity contribution in [2.75, 3.05) is 13.1 Å². The number of nitrogens with one attached hydrogen (secondary N) is 1. The van der Waals surface area contributed by atoms with Gasteiger partial charge in [-0.15, -0.1) is 0 Å². The van der Waals surface area contributed by atoms with Gasteiger partial charge in [0.15, 0.2) is 0 Å². The number of rotatable bonds is 4. The highest BCUT2D eigenvalue weighted by molar-refractivity contribution is 5.74. The zero-order valence-corrected chi connectivity index (χ0v) is 12.8. The number of benzene rings is 2. The fraction of sp³-hybridized carbons (Fsp3) is 0.316. The van der Waals surface area contributed by atoms with Crippen LogP contribution in [0.1, 0.15) is 23.1 Å². The predicted octanol–water partition coefficient (Wildman–Crippen LogP) is 3.39. The van der Waals surface area contributed by atoms with Crippen molar-refractivity contribution in [1.82, 2.24) is 10.2 Å². The first-order valence-electron chi connectivity index (χ1n) is 7.96. The summed E-state index contributed by atoms with van der Waals surface area (Å²) in [5.41, 5.74) is 3.97. The fourth-order valence-electron chi connectivity index (χ4n) is 2.91. The molecule has 1 aliphatic rings. The Morgan fingerprint density at radius 1 is 1.00 bits per heavy atom. The van der Waals surface area contributed by atoms with Crippen molar-refractivity contribution >= 4 is 6.03 Å². The van der Waals surface area contributed by atoms with Crippen molar-refractivity contribution < 1.29 is 4.79 Å². The molecule has 1 N–H and O–H groups in total. The minimum absolute atomic E-state index is 0.0579. The van der Waals surface area contributed by atoms with Crippen LogP contribution in [-0.2, 0) is 19.4 Å². The van der Waals surface area contributed by atoms with Crippen molar-refractivity contribution in [2.24, 2.45) is 0 Å². The lowest BCUT2D eigenvalue weighted by molar-refractivity contribution is 0.192. The highest BCUT2D eigenvalue weighted by Gasteiger charge is 2.19. The first-order valence-corrected chi connectivity index (χ1v) is 7.96. The van der Waals surface area contributed by atoms with E-state index >= 15 is 0 Å². The second-order valence-electron chi connectivity index (χ2n) is 5.76. The largest absolute Gasteiger partial charge is 0.338 e. The third-order valence-electron chi connectivity index (χ3n) is 4.18. The SMILES string of the molecule is O=C(NCCCc1ccccc1)N1CCc2ccccc2C1. The van der Waals surface area contributed by atoms with Crippen molar-refractivity contribution in [3.63, 3.8) is 0 Å². The Balaban J connectivity index is 1.43. The van der Waals surface area contributed by atoms with E-state index in [9.17, 15) is 4.79 Å². The van der Waals surface area contributed by atoms with Crippen LogP contribution in [0.5, 0.6) is 0 Å². The van der Waals surface area contributed by atoms with Crippen LogP contribution < -0.4 is 5.32 Å². The number of hydrogen-bond donors (Lipinski definition) is 1. The van der Waals surface area contributed by atoms with Crippen LogP contribution in [0.3, 0.4) is 0 Å². The van der Waals surface area contributed by atoms with Gasteiger partial charge in [-0.1, -0.05) is 54.6 Å². The van der Waals surface area contributed by atoms with Gasteiger partial charge in [-0.05, 0) is 36.0 Å². The minimum Gasteiger partial charge on any atom is -0.338 e. The fourth-order valence-corrected chi connectivity index (χ4v) is 2.91. The van der Waals surface area contributed by atoms with Gasteiger partial charge in [-0.3, -0.25) is 0 Å². The maximum Gasteiger partial charge on any atom is 0.317 e. The third kappa shape index (κ3) is 3.67. The standard InChI is InChI=1S/C19H22N2O/c22-19(20-13-6-9-16-7-2-1-3-8-16)21-14-12-17-10-4-5-11-18(17)15-21/h1-5,7-8,10-11H,6,9,12-15H2,(H,20,22). The third-order valence-corrected chi connectivity index (χ3v) is 4.18. The van der Waals surface area contributed by atoms with Crippen molar-refractivity contribution in [3.05, 3.63) is 71.3 Å². The van der Waals surface area contributed by atoms with Gasteiger partial charge in [0.25, 0.3) is 0 Å². The summed E-state index contributed by atoms with van der Waals surface area (Å²) in [5.74, 6) is 0. The molecule has 2 aromatic rings. The van der Waals surface area contributed by atoms with Gasteiger partial charge in [-0.2, -0.15) is 0 Å². The maximum atomic E-state index is 12.2. The van der Waals surface area contributed by atoms with Crippen LogP contribution in [0.4, 0.5) is 4.79 Å². The second-order valence-corrected chi connectivity index (χ2v) is 5.76. The van der Waals surface area contributed by atoms with E-state index < -0.39 is 0 Å². The number of fused-ring (bicyclic) bond motifs is 1. The lowest BCUT2D eigenvalue weighted by Gasteiger charge is -2.29. The molecule has 1 heterocycles. The van der Waals surface area contributed by atoms with E-state index in [1.165, 1.54) is 16.7 Å². The molecule has 3 rings (SSSR count). The van der Waals surface area contributed by atoms with E-state index in [4.69, 9.17) is 0 Å². The highest BCUT2D eigenvalue weighted by Crippen LogP contribution is 2.18. The number of hydrogen-bond acceptors (Lipinski definition) is 1. The van der Waals surface area contributed by atoms with Crippen LogP contribution in [0, 0.1) is 0 Å². The monoisotopic (exact) mass is 294 g/mol. The van der Waals surface area contributed by atoms with E-state index in [0.717, 1.165) is 38.9 Å². The molecule has 0 bridgehead atoms. The van der Waals surface area contributed by atoms with Crippen LogP contribution in [-0.4, -0.2) is 24.0 Å². The summed E-state index contributed by atoms with van der Waals surface area (Å²) in [5, 5.41) is 3.04. The second kappa shape index (κ2) is 7.12. The number of carbonyl (C=O) groups is 1. The van der Waals surface area contributed by atoms with E-state index in [1.807, 2.05) is 17.0 Å². The van der Waals surface area contributed by atoms with Crippen molar-refractivity contribution in [3.8, 4) is 0 Å².